The van der Waals surface area contributed by atoms with Gasteiger partial charge in [0, 0.05) is 18.9 Å². The molecule has 2 aromatic carbocycles. The Hall–Kier alpha value is -0.110. The summed E-state index contributed by atoms with van der Waals surface area (Å²) in [5.41, 5.74) is 1.95. The van der Waals surface area contributed by atoms with Crippen molar-refractivity contribution in [3.05, 3.63) is 60.0 Å². The molecule has 0 aliphatic heterocycles. The molecule has 0 saturated heterocycles. The molecule has 1 unspecified atom stereocenters. The van der Waals surface area contributed by atoms with Crippen molar-refractivity contribution in [2.75, 3.05) is 7.11 Å². The molecule has 1 atom stereocenters. The molecule has 5 heteroatoms. The van der Waals surface area contributed by atoms with Gasteiger partial charge in [-0.3, -0.25) is 0 Å². The normalized spacial score (nSPS) is 12.2. The van der Waals surface area contributed by atoms with E-state index in [1.807, 2.05) is 36.4 Å². The van der Waals surface area contributed by atoms with Gasteiger partial charge in [-0.1, -0.05) is 31.9 Å². The lowest BCUT2D eigenvalue weighted by atomic mass is 10.0. The van der Waals surface area contributed by atoms with Gasteiger partial charge in [0.25, 0.3) is 0 Å². The highest BCUT2D eigenvalue weighted by molar-refractivity contribution is 14.1. The Balaban J connectivity index is 2.27. The second kappa shape index (κ2) is 7.24. The first kappa shape index (κ1) is 16.3. The van der Waals surface area contributed by atoms with Crippen LogP contribution in [0.2, 0.25) is 0 Å². The molecule has 0 bridgehead atoms. The van der Waals surface area contributed by atoms with Crippen LogP contribution in [0.25, 0.3) is 0 Å². The van der Waals surface area contributed by atoms with Gasteiger partial charge in [-0.15, -0.1) is 0 Å². The predicted molar refractivity (Wildman–Crippen MR) is 96.2 cm³/mol. The molecule has 20 heavy (non-hydrogen) atoms. The number of benzene rings is 2. The number of aliphatic hydroxyl groups is 1. The molecule has 0 amide bonds. The molecule has 2 rings (SSSR count). The van der Waals surface area contributed by atoms with Gasteiger partial charge < -0.3 is 9.84 Å². The lowest BCUT2D eigenvalue weighted by Crippen LogP contribution is -2.05. The van der Waals surface area contributed by atoms with E-state index in [1.54, 1.807) is 7.11 Å². The number of hydrogen-bond acceptors (Lipinski definition) is 2. The van der Waals surface area contributed by atoms with E-state index in [0.29, 0.717) is 6.42 Å². The summed E-state index contributed by atoms with van der Waals surface area (Å²) in [4.78, 5) is 0. The Labute approximate surface area is 148 Å². The Morgan fingerprint density at radius 1 is 1.20 bits per heavy atom. The fraction of sp³-hybridized carbons (Fsp3) is 0.200. The van der Waals surface area contributed by atoms with E-state index in [1.165, 1.54) is 0 Å². The number of methoxy groups -OCH3 is 1. The van der Waals surface area contributed by atoms with Crippen LogP contribution in [0.15, 0.2) is 45.3 Å². The van der Waals surface area contributed by atoms with Gasteiger partial charge in [-0.25, -0.2) is 0 Å². The maximum Gasteiger partial charge on any atom is 0.119 e. The summed E-state index contributed by atoms with van der Waals surface area (Å²) in [6.07, 6.45) is -0.0210. The standard InChI is InChI=1S/C15H13Br2IO2/c1-20-11-3-4-13(17)9(6-11)7-15(19)12-8-10(16)2-5-14(12)18/h2-6,8,15,19H,7H2,1H3. The minimum Gasteiger partial charge on any atom is -0.497 e. The van der Waals surface area contributed by atoms with Crippen LogP contribution in [-0.4, -0.2) is 12.2 Å². The first-order chi connectivity index (χ1) is 9.51. The van der Waals surface area contributed by atoms with Crippen molar-refractivity contribution >= 4 is 54.5 Å². The molecule has 0 spiro atoms. The van der Waals surface area contributed by atoms with E-state index >= 15 is 0 Å². The van der Waals surface area contributed by atoms with Crippen LogP contribution >= 0.6 is 54.5 Å². The molecule has 0 aliphatic rings. The van der Waals surface area contributed by atoms with Gasteiger partial charge in [-0.2, -0.15) is 0 Å². The summed E-state index contributed by atoms with van der Waals surface area (Å²) < 4.78 is 8.23. The third-order valence-electron chi connectivity index (χ3n) is 2.98. The van der Waals surface area contributed by atoms with Crippen molar-refractivity contribution < 1.29 is 9.84 Å². The summed E-state index contributed by atoms with van der Waals surface area (Å²) in [5, 5.41) is 10.5. The molecular formula is C15H13Br2IO2. The Morgan fingerprint density at radius 3 is 2.65 bits per heavy atom. The zero-order chi connectivity index (χ0) is 14.7. The summed E-state index contributed by atoms with van der Waals surface area (Å²) in [6.45, 7) is 0. The molecule has 2 nitrogen and oxygen atoms in total. The molecule has 0 heterocycles. The minimum absolute atomic E-state index is 0.532. The van der Waals surface area contributed by atoms with Crippen molar-refractivity contribution in [1.29, 1.82) is 0 Å². The predicted octanol–water partition coefficient (Wildman–Crippen LogP) is 5.10. The van der Waals surface area contributed by atoms with Crippen molar-refractivity contribution in [2.45, 2.75) is 12.5 Å². The molecule has 0 saturated carbocycles. The third kappa shape index (κ3) is 3.96. The zero-order valence-corrected chi connectivity index (χ0v) is 16.1. The van der Waals surface area contributed by atoms with Gasteiger partial charge >= 0.3 is 0 Å². The fourth-order valence-corrected chi connectivity index (χ4v) is 3.40. The number of hydrogen-bond donors (Lipinski definition) is 1. The van der Waals surface area contributed by atoms with Crippen LogP contribution in [0.3, 0.4) is 0 Å². The van der Waals surface area contributed by atoms with E-state index in [0.717, 1.165) is 29.4 Å². The minimum atomic E-state index is -0.553. The highest BCUT2D eigenvalue weighted by atomic mass is 127. The highest BCUT2D eigenvalue weighted by Gasteiger charge is 2.14. The lowest BCUT2D eigenvalue weighted by molar-refractivity contribution is 0.177. The Bertz CT molecular complexity index is 617. The molecule has 0 aliphatic carbocycles. The second-order valence-corrected chi connectivity index (χ2v) is 7.28. The number of aliphatic hydroxyl groups excluding tert-OH is 1. The molecule has 0 aromatic heterocycles. The molecule has 0 radical (unpaired) electrons. The molecule has 0 fully saturated rings. The van der Waals surface area contributed by atoms with E-state index in [9.17, 15) is 5.11 Å². The average Bonchev–Trinajstić information content (AvgIpc) is 2.43. The Kier molecular flexibility index (Phi) is 5.89. The number of halogens is 3. The maximum absolute atomic E-state index is 10.5. The summed E-state index contributed by atoms with van der Waals surface area (Å²) in [5.74, 6) is 0.791. The molecule has 2 aromatic rings. The monoisotopic (exact) mass is 510 g/mol. The summed E-state index contributed by atoms with van der Waals surface area (Å²) >= 11 is 9.20. The summed E-state index contributed by atoms with van der Waals surface area (Å²) in [7, 11) is 1.64. The fourth-order valence-electron chi connectivity index (χ4n) is 1.92. The summed E-state index contributed by atoms with van der Waals surface area (Å²) in [6, 6.07) is 11.7. The van der Waals surface area contributed by atoms with Gasteiger partial charge in [0.2, 0.25) is 0 Å². The van der Waals surface area contributed by atoms with E-state index < -0.39 is 6.10 Å². The largest absolute Gasteiger partial charge is 0.497 e. The Morgan fingerprint density at radius 2 is 1.95 bits per heavy atom. The van der Waals surface area contributed by atoms with E-state index in [-0.39, 0.29) is 0 Å². The topological polar surface area (TPSA) is 29.5 Å². The maximum atomic E-state index is 10.5. The third-order valence-corrected chi connectivity index (χ3v) is 5.23. The van der Waals surface area contributed by atoms with Crippen LogP contribution < -0.4 is 4.74 Å². The molecule has 1 N–H and O–H groups in total. The van der Waals surface area contributed by atoms with Gasteiger partial charge in [-0.05, 0) is 70.1 Å². The molecule has 106 valence electrons. The van der Waals surface area contributed by atoms with Crippen LogP contribution in [0.1, 0.15) is 17.2 Å². The average molecular weight is 512 g/mol. The first-order valence-electron chi connectivity index (χ1n) is 5.96. The van der Waals surface area contributed by atoms with Crippen molar-refractivity contribution in [1.82, 2.24) is 0 Å². The number of rotatable bonds is 4. The molecular weight excluding hydrogens is 499 g/mol. The highest BCUT2D eigenvalue weighted by Crippen LogP contribution is 2.30. The van der Waals surface area contributed by atoms with Crippen molar-refractivity contribution in [3.8, 4) is 5.75 Å². The van der Waals surface area contributed by atoms with E-state index in [4.69, 9.17) is 4.74 Å². The van der Waals surface area contributed by atoms with Crippen molar-refractivity contribution in [3.63, 3.8) is 0 Å². The van der Waals surface area contributed by atoms with Gasteiger partial charge in [0.15, 0.2) is 0 Å². The zero-order valence-electron chi connectivity index (χ0n) is 10.7. The van der Waals surface area contributed by atoms with Crippen LogP contribution in [0, 0.1) is 3.57 Å². The van der Waals surface area contributed by atoms with Crippen LogP contribution in [0.5, 0.6) is 5.75 Å². The van der Waals surface area contributed by atoms with Gasteiger partial charge in [0.1, 0.15) is 5.75 Å². The SMILES string of the molecule is COc1ccc(Br)c(CC(O)c2cc(Br)ccc2I)c1. The van der Waals surface area contributed by atoms with Gasteiger partial charge in [0.05, 0.1) is 13.2 Å². The van der Waals surface area contributed by atoms with E-state index in [2.05, 4.69) is 54.5 Å². The smallest absolute Gasteiger partial charge is 0.119 e. The second-order valence-electron chi connectivity index (χ2n) is 4.34. The van der Waals surface area contributed by atoms with Crippen LogP contribution in [0.4, 0.5) is 0 Å². The number of ether oxygens (including phenoxy) is 1. The quantitative estimate of drug-likeness (QED) is 0.579. The van der Waals surface area contributed by atoms with Crippen molar-refractivity contribution in [2.24, 2.45) is 0 Å². The lowest BCUT2D eigenvalue weighted by Gasteiger charge is -2.15. The van der Waals surface area contributed by atoms with Crippen LogP contribution in [-0.2, 0) is 6.42 Å². The first-order valence-corrected chi connectivity index (χ1v) is 8.63.